The molecular weight excluding hydrogens is 248 g/mol. The highest BCUT2D eigenvalue weighted by Crippen LogP contribution is 2.15. The molecule has 6 heteroatoms. The van der Waals surface area contributed by atoms with E-state index in [1.807, 2.05) is 0 Å². The summed E-state index contributed by atoms with van der Waals surface area (Å²) in [6, 6.07) is 2.87. The number of aromatic carboxylic acids is 1. The van der Waals surface area contributed by atoms with Crippen LogP contribution >= 0.6 is 0 Å². The standard InChI is InChI=1S/C13H14N2O4/c1-7-4-12(16)15(9(3)14-7)6-10-5-11(13(17)18)8(2)19-10/h4-5H,6H2,1-3H3,(H,17,18). The number of hydrogen-bond donors (Lipinski definition) is 1. The quantitative estimate of drug-likeness (QED) is 0.906. The first kappa shape index (κ1) is 13.1. The minimum Gasteiger partial charge on any atom is -0.478 e. The summed E-state index contributed by atoms with van der Waals surface area (Å²) in [7, 11) is 0. The monoisotopic (exact) mass is 262 g/mol. The van der Waals surface area contributed by atoms with Crippen LogP contribution in [0.25, 0.3) is 0 Å². The Hall–Kier alpha value is -2.37. The summed E-state index contributed by atoms with van der Waals surface area (Å²) in [5.74, 6) is 0.272. The van der Waals surface area contributed by atoms with E-state index in [0.717, 1.165) is 0 Å². The Balaban J connectivity index is 2.40. The van der Waals surface area contributed by atoms with Crippen LogP contribution in [-0.2, 0) is 6.54 Å². The molecule has 19 heavy (non-hydrogen) atoms. The molecule has 0 aromatic carbocycles. The van der Waals surface area contributed by atoms with Crippen molar-refractivity contribution in [3.8, 4) is 0 Å². The highest BCUT2D eigenvalue weighted by molar-refractivity contribution is 5.88. The van der Waals surface area contributed by atoms with Gasteiger partial charge in [0.15, 0.2) is 0 Å². The van der Waals surface area contributed by atoms with E-state index in [4.69, 9.17) is 9.52 Å². The lowest BCUT2D eigenvalue weighted by atomic mass is 10.2. The average Bonchev–Trinajstić information content (AvgIpc) is 2.65. The van der Waals surface area contributed by atoms with Crippen LogP contribution < -0.4 is 5.56 Å². The van der Waals surface area contributed by atoms with Gasteiger partial charge in [0.25, 0.3) is 5.56 Å². The van der Waals surface area contributed by atoms with Gasteiger partial charge in [0.2, 0.25) is 0 Å². The molecule has 2 rings (SSSR count). The zero-order valence-corrected chi connectivity index (χ0v) is 10.9. The zero-order chi connectivity index (χ0) is 14.2. The minimum absolute atomic E-state index is 0.112. The molecule has 0 amide bonds. The normalized spacial score (nSPS) is 10.7. The SMILES string of the molecule is Cc1cc(=O)n(Cc2cc(C(=O)O)c(C)o2)c(C)n1. The molecule has 2 aromatic heterocycles. The van der Waals surface area contributed by atoms with Crippen molar-refractivity contribution in [2.75, 3.05) is 0 Å². The third kappa shape index (κ3) is 2.57. The largest absolute Gasteiger partial charge is 0.478 e. The number of rotatable bonds is 3. The third-order valence-electron chi connectivity index (χ3n) is 2.84. The molecule has 2 heterocycles. The number of hydrogen-bond acceptors (Lipinski definition) is 4. The Bertz CT molecular complexity index is 697. The molecule has 0 aliphatic heterocycles. The van der Waals surface area contributed by atoms with Gasteiger partial charge in [-0.05, 0) is 26.8 Å². The van der Waals surface area contributed by atoms with Gasteiger partial charge >= 0.3 is 5.97 Å². The molecule has 1 N–H and O–H groups in total. The second kappa shape index (κ2) is 4.72. The molecule has 0 spiro atoms. The summed E-state index contributed by atoms with van der Waals surface area (Å²) in [4.78, 5) is 27.0. The fraction of sp³-hybridized carbons (Fsp3) is 0.308. The van der Waals surface area contributed by atoms with Crippen LogP contribution in [0, 0.1) is 20.8 Å². The fourth-order valence-corrected chi connectivity index (χ4v) is 1.95. The average molecular weight is 262 g/mol. The summed E-state index contributed by atoms with van der Waals surface area (Å²) in [6.07, 6.45) is 0. The molecule has 0 saturated heterocycles. The van der Waals surface area contributed by atoms with Crippen molar-refractivity contribution in [1.82, 2.24) is 9.55 Å². The highest BCUT2D eigenvalue weighted by atomic mass is 16.4. The molecular formula is C13H14N2O4. The molecule has 0 bridgehead atoms. The third-order valence-corrected chi connectivity index (χ3v) is 2.84. The van der Waals surface area contributed by atoms with E-state index in [1.165, 1.54) is 16.7 Å². The van der Waals surface area contributed by atoms with Crippen LogP contribution in [0.15, 0.2) is 21.3 Å². The van der Waals surface area contributed by atoms with Crippen LogP contribution in [0.2, 0.25) is 0 Å². The molecule has 2 aromatic rings. The second-order valence-corrected chi connectivity index (χ2v) is 4.36. The summed E-state index contributed by atoms with van der Waals surface area (Å²) in [6.45, 7) is 5.22. The van der Waals surface area contributed by atoms with Gasteiger partial charge in [-0.25, -0.2) is 9.78 Å². The van der Waals surface area contributed by atoms with Gasteiger partial charge in [0, 0.05) is 11.8 Å². The Morgan fingerprint density at radius 3 is 2.58 bits per heavy atom. The van der Waals surface area contributed by atoms with Crippen LogP contribution in [0.4, 0.5) is 0 Å². The Labute approximate surface area is 109 Å². The van der Waals surface area contributed by atoms with Crippen molar-refractivity contribution in [3.63, 3.8) is 0 Å². The van der Waals surface area contributed by atoms with Gasteiger partial charge in [0.05, 0.1) is 6.54 Å². The molecule has 6 nitrogen and oxygen atoms in total. The topological polar surface area (TPSA) is 85.3 Å². The Morgan fingerprint density at radius 2 is 2.05 bits per heavy atom. The van der Waals surface area contributed by atoms with Gasteiger partial charge in [-0.1, -0.05) is 0 Å². The lowest BCUT2D eigenvalue weighted by Crippen LogP contribution is -2.23. The number of carboxylic acid groups (broad SMARTS) is 1. The lowest BCUT2D eigenvalue weighted by Gasteiger charge is -2.07. The van der Waals surface area contributed by atoms with E-state index in [2.05, 4.69) is 4.98 Å². The molecule has 0 aliphatic carbocycles. The van der Waals surface area contributed by atoms with E-state index < -0.39 is 5.97 Å². The Kier molecular flexibility index (Phi) is 3.25. The van der Waals surface area contributed by atoms with Crippen LogP contribution in [0.3, 0.4) is 0 Å². The molecule has 0 saturated carbocycles. The van der Waals surface area contributed by atoms with Crippen molar-refractivity contribution in [1.29, 1.82) is 0 Å². The van der Waals surface area contributed by atoms with E-state index >= 15 is 0 Å². The predicted molar refractivity (Wildman–Crippen MR) is 67.5 cm³/mol. The summed E-state index contributed by atoms with van der Waals surface area (Å²) < 4.78 is 6.79. The zero-order valence-electron chi connectivity index (χ0n) is 10.9. The maximum absolute atomic E-state index is 11.9. The molecule has 0 fully saturated rings. The number of aromatic nitrogens is 2. The van der Waals surface area contributed by atoms with Crippen molar-refractivity contribution < 1.29 is 14.3 Å². The maximum atomic E-state index is 11.9. The first-order valence-electron chi connectivity index (χ1n) is 5.76. The van der Waals surface area contributed by atoms with Gasteiger partial charge in [0.1, 0.15) is 22.9 Å². The first-order chi connectivity index (χ1) is 8.88. The van der Waals surface area contributed by atoms with Gasteiger partial charge in [-0.2, -0.15) is 0 Å². The second-order valence-electron chi connectivity index (χ2n) is 4.36. The predicted octanol–water partition coefficient (Wildman–Crippen LogP) is 1.51. The minimum atomic E-state index is -1.04. The summed E-state index contributed by atoms with van der Waals surface area (Å²) in [5, 5.41) is 8.95. The number of carbonyl (C=O) groups is 1. The Morgan fingerprint density at radius 1 is 1.37 bits per heavy atom. The van der Waals surface area contributed by atoms with Crippen LogP contribution in [0.1, 0.15) is 33.4 Å². The number of furan rings is 1. The fourth-order valence-electron chi connectivity index (χ4n) is 1.95. The van der Waals surface area contributed by atoms with E-state index in [-0.39, 0.29) is 17.7 Å². The van der Waals surface area contributed by atoms with Crippen molar-refractivity contribution in [2.45, 2.75) is 27.3 Å². The number of carboxylic acids is 1. The van der Waals surface area contributed by atoms with E-state index in [1.54, 1.807) is 20.8 Å². The molecule has 0 unspecified atom stereocenters. The smallest absolute Gasteiger partial charge is 0.339 e. The van der Waals surface area contributed by atoms with Crippen molar-refractivity contribution in [3.05, 3.63) is 51.1 Å². The first-order valence-corrected chi connectivity index (χ1v) is 5.76. The number of aryl methyl sites for hydroxylation is 3. The van der Waals surface area contributed by atoms with E-state index in [9.17, 15) is 9.59 Å². The van der Waals surface area contributed by atoms with E-state index in [0.29, 0.717) is 23.0 Å². The molecule has 0 aliphatic rings. The van der Waals surface area contributed by atoms with Gasteiger partial charge in [-0.15, -0.1) is 0 Å². The lowest BCUT2D eigenvalue weighted by molar-refractivity contribution is 0.0695. The molecule has 0 radical (unpaired) electrons. The number of nitrogens with zero attached hydrogens (tertiary/aromatic N) is 2. The molecule has 100 valence electrons. The van der Waals surface area contributed by atoms with Crippen molar-refractivity contribution in [2.24, 2.45) is 0 Å². The van der Waals surface area contributed by atoms with Crippen LogP contribution in [0.5, 0.6) is 0 Å². The summed E-state index contributed by atoms with van der Waals surface area (Å²) >= 11 is 0. The van der Waals surface area contributed by atoms with Crippen molar-refractivity contribution >= 4 is 5.97 Å². The summed E-state index contributed by atoms with van der Waals surface area (Å²) in [5.41, 5.74) is 0.581. The van der Waals surface area contributed by atoms with Gasteiger partial charge in [-0.3, -0.25) is 9.36 Å². The highest BCUT2D eigenvalue weighted by Gasteiger charge is 2.15. The van der Waals surface area contributed by atoms with Gasteiger partial charge < -0.3 is 9.52 Å². The maximum Gasteiger partial charge on any atom is 0.339 e. The van der Waals surface area contributed by atoms with Crippen LogP contribution in [-0.4, -0.2) is 20.6 Å². The molecule has 0 atom stereocenters.